The zero-order valence-corrected chi connectivity index (χ0v) is 15.4. The van der Waals surface area contributed by atoms with Crippen molar-refractivity contribution in [2.45, 2.75) is 0 Å². The fraction of sp³-hybridized carbons (Fsp3) is 0.118. The predicted octanol–water partition coefficient (Wildman–Crippen LogP) is 4.08. The van der Waals surface area contributed by atoms with Gasteiger partial charge in [0, 0.05) is 11.8 Å². The number of hydrogen-bond acceptors (Lipinski definition) is 5. The van der Waals surface area contributed by atoms with E-state index in [2.05, 4.69) is 5.32 Å². The quantitative estimate of drug-likeness (QED) is 0.569. The van der Waals surface area contributed by atoms with Crippen molar-refractivity contribution in [1.82, 2.24) is 0 Å². The van der Waals surface area contributed by atoms with E-state index >= 15 is 0 Å². The first-order valence-electron chi connectivity index (χ1n) is 7.12. The SMILES string of the molecule is N#Cc1cccc(NC(=O)COC(=O)COc2cc(Cl)c(Cl)cc2Cl)c1. The lowest BCUT2D eigenvalue weighted by atomic mass is 10.2. The molecule has 0 radical (unpaired) electrons. The Labute approximate surface area is 164 Å². The number of anilines is 1. The highest BCUT2D eigenvalue weighted by Crippen LogP contribution is 2.33. The lowest BCUT2D eigenvalue weighted by molar-refractivity contribution is -0.149. The molecule has 0 atom stereocenters. The highest BCUT2D eigenvalue weighted by molar-refractivity contribution is 6.43. The summed E-state index contributed by atoms with van der Waals surface area (Å²) in [5.74, 6) is -1.16. The van der Waals surface area contributed by atoms with Crippen molar-refractivity contribution < 1.29 is 19.1 Å². The van der Waals surface area contributed by atoms with Gasteiger partial charge in [0.15, 0.2) is 13.2 Å². The minimum Gasteiger partial charge on any atom is -0.480 e. The molecule has 0 aliphatic rings. The fourth-order valence-electron chi connectivity index (χ4n) is 1.80. The first-order chi connectivity index (χ1) is 12.4. The van der Waals surface area contributed by atoms with Gasteiger partial charge in [0.1, 0.15) is 5.75 Å². The molecule has 2 aromatic carbocycles. The van der Waals surface area contributed by atoms with Gasteiger partial charge in [0.2, 0.25) is 0 Å². The van der Waals surface area contributed by atoms with E-state index in [4.69, 9.17) is 49.5 Å². The summed E-state index contributed by atoms with van der Waals surface area (Å²) in [6.07, 6.45) is 0. The van der Waals surface area contributed by atoms with E-state index in [0.29, 0.717) is 11.3 Å². The van der Waals surface area contributed by atoms with Crippen LogP contribution < -0.4 is 10.1 Å². The Hall–Kier alpha value is -2.46. The Kier molecular flexibility index (Phi) is 7.10. The first-order valence-corrected chi connectivity index (χ1v) is 8.25. The third kappa shape index (κ3) is 5.81. The molecule has 1 amide bonds. The van der Waals surface area contributed by atoms with Crippen LogP contribution in [0.3, 0.4) is 0 Å². The van der Waals surface area contributed by atoms with E-state index in [0.717, 1.165) is 0 Å². The largest absolute Gasteiger partial charge is 0.480 e. The third-order valence-electron chi connectivity index (χ3n) is 2.96. The summed E-state index contributed by atoms with van der Waals surface area (Å²) in [7, 11) is 0. The van der Waals surface area contributed by atoms with Crippen molar-refractivity contribution in [3.05, 3.63) is 57.0 Å². The second kappa shape index (κ2) is 9.30. The van der Waals surface area contributed by atoms with Gasteiger partial charge in [-0.05, 0) is 24.3 Å². The Morgan fingerprint density at radius 1 is 1.04 bits per heavy atom. The van der Waals surface area contributed by atoms with Crippen LogP contribution in [0, 0.1) is 11.3 Å². The molecule has 0 saturated heterocycles. The monoisotopic (exact) mass is 412 g/mol. The molecule has 0 aliphatic carbocycles. The Morgan fingerprint density at radius 2 is 1.77 bits per heavy atom. The predicted molar refractivity (Wildman–Crippen MR) is 97.7 cm³/mol. The van der Waals surface area contributed by atoms with Gasteiger partial charge in [0.25, 0.3) is 5.91 Å². The molecule has 0 fully saturated rings. The van der Waals surface area contributed by atoms with Crippen molar-refractivity contribution in [2.75, 3.05) is 18.5 Å². The zero-order chi connectivity index (χ0) is 19.1. The van der Waals surface area contributed by atoms with Gasteiger partial charge >= 0.3 is 5.97 Å². The Morgan fingerprint density at radius 3 is 2.50 bits per heavy atom. The molecule has 2 rings (SSSR count). The maximum absolute atomic E-state index is 11.8. The molecule has 6 nitrogen and oxygen atoms in total. The molecule has 0 unspecified atom stereocenters. The lowest BCUT2D eigenvalue weighted by Gasteiger charge is -2.10. The molecule has 0 aliphatic heterocycles. The highest BCUT2D eigenvalue weighted by Gasteiger charge is 2.12. The van der Waals surface area contributed by atoms with Gasteiger partial charge in [-0.2, -0.15) is 5.26 Å². The van der Waals surface area contributed by atoms with Crippen molar-refractivity contribution in [2.24, 2.45) is 0 Å². The second-order valence-electron chi connectivity index (χ2n) is 4.89. The molecule has 0 bridgehead atoms. The molecule has 0 spiro atoms. The maximum Gasteiger partial charge on any atom is 0.344 e. The van der Waals surface area contributed by atoms with Gasteiger partial charge in [-0.25, -0.2) is 4.79 Å². The van der Waals surface area contributed by atoms with Crippen LogP contribution in [0.5, 0.6) is 5.75 Å². The van der Waals surface area contributed by atoms with Gasteiger partial charge in [-0.15, -0.1) is 0 Å². The summed E-state index contributed by atoms with van der Waals surface area (Å²) in [6.45, 7) is -0.969. The van der Waals surface area contributed by atoms with Crippen LogP contribution in [0.2, 0.25) is 15.1 Å². The van der Waals surface area contributed by atoms with E-state index in [1.807, 2.05) is 6.07 Å². The van der Waals surface area contributed by atoms with Crippen LogP contribution in [0.25, 0.3) is 0 Å². The smallest absolute Gasteiger partial charge is 0.344 e. The number of benzene rings is 2. The molecule has 2 aromatic rings. The first kappa shape index (κ1) is 19.9. The number of carbonyl (C=O) groups excluding carboxylic acids is 2. The highest BCUT2D eigenvalue weighted by atomic mass is 35.5. The van der Waals surface area contributed by atoms with Crippen LogP contribution in [0.1, 0.15) is 5.56 Å². The van der Waals surface area contributed by atoms with Crippen molar-refractivity contribution in [3.63, 3.8) is 0 Å². The average Bonchev–Trinajstić information content (AvgIpc) is 2.62. The van der Waals surface area contributed by atoms with Gasteiger partial charge in [-0.3, -0.25) is 4.79 Å². The van der Waals surface area contributed by atoms with Crippen LogP contribution in [-0.4, -0.2) is 25.1 Å². The molecule has 0 saturated carbocycles. The number of carbonyl (C=O) groups is 2. The summed E-state index contributed by atoms with van der Waals surface area (Å²) >= 11 is 17.6. The molecular formula is C17H11Cl3N2O4. The molecule has 134 valence electrons. The van der Waals surface area contributed by atoms with Gasteiger partial charge in [0.05, 0.1) is 26.7 Å². The van der Waals surface area contributed by atoms with E-state index in [-0.39, 0.29) is 20.8 Å². The summed E-state index contributed by atoms with van der Waals surface area (Å²) in [6, 6.07) is 11.0. The van der Waals surface area contributed by atoms with Crippen molar-refractivity contribution in [1.29, 1.82) is 5.26 Å². The Balaban J connectivity index is 1.80. The van der Waals surface area contributed by atoms with E-state index in [1.165, 1.54) is 18.2 Å². The number of rotatable bonds is 6. The number of hydrogen-bond donors (Lipinski definition) is 1. The van der Waals surface area contributed by atoms with Crippen LogP contribution in [-0.2, 0) is 14.3 Å². The van der Waals surface area contributed by atoms with Crippen LogP contribution in [0.15, 0.2) is 36.4 Å². The van der Waals surface area contributed by atoms with E-state index in [1.54, 1.807) is 18.2 Å². The summed E-state index contributed by atoms with van der Waals surface area (Å²) < 4.78 is 10.0. The van der Waals surface area contributed by atoms with Crippen molar-refractivity contribution >= 4 is 52.4 Å². The van der Waals surface area contributed by atoms with Crippen LogP contribution in [0.4, 0.5) is 5.69 Å². The number of halogens is 3. The number of nitrogens with one attached hydrogen (secondary N) is 1. The molecule has 0 aromatic heterocycles. The maximum atomic E-state index is 11.8. The average molecular weight is 414 g/mol. The third-order valence-corrected chi connectivity index (χ3v) is 3.98. The number of nitriles is 1. The number of esters is 1. The molecule has 9 heteroatoms. The number of amides is 1. The van der Waals surface area contributed by atoms with Gasteiger partial charge < -0.3 is 14.8 Å². The number of ether oxygens (including phenoxy) is 2. The minimum absolute atomic E-state index is 0.163. The lowest BCUT2D eigenvalue weighted by Crippen LogP contribution is -2.23. The molecule has 0 heterocycles. The summed E-state index contributed by atoms with van der Waals surface area (Å²) in [4.78, 5) is 23.4. The second-order valence-corrected chi connectivity index (χ2v) is 6.11. The molecule has 1 N–H and O–H groups in total. The normalized spacial score (nSPS) is 9.92. The molecular weight excluding hydrogens is 403 g/mol. The summed E-state index contributed by atoms with van der Waals surface area (Å²) in [5.41, 5.74) is 0.815. The summed E-state index contributed by atoms with van der Waals surface area (Å²) in [5, 5.41) is 12.0. The topological polar surface area (TPSA) is 88.4 Å². The van der Waals surface area contributed by atoms with E-state index in [9.17, 15) is 9.59 Å². The number of nitrogens with zero attached hydrogens (tertiary/aromatic N) is 1. The van der Waals surface area contributed by atoms with E-state index < -0.39 is 25.1 Å². The minimum atomic E-state index is -0.770. The Bertz CT molecular complexity index is 881. The van der Waals surface area contributed by atoms with Gasteiger partial charge in [-0.1, -0.05) is 40.9 Å². The fourth-order valence-corrected chi connectivity index (χ4v) is 2.39. The van der Waals surface area contributed by atoms with Crippen molar-refractivity contribution in [3.8, 4) is 11.8 Å². The molecule has 26 heavy (non-hydrogen) atoms. The standard InChI is InChI=1S/C17H11Cl3N2O4/c18-12-5-14(20)15(6-13(12)19)25-9-17(24)26-8-16(23)22-11-3-1-2-10(4-11)7-21/h1-6H,8-9H2,(H,22,23). The van der Waals surface area contributed by atoms with Crippen LogP contribution >= 0.6 is 34.8 Å². The zero-order valence-electron chi connectivity index (χ0n) is 13.1.